The van der Waals surface area contributed by atoms with Crippen molar-refractivity contribution in [2.45, 2.75) is 52.1 Å². The molecule has 1 N–H and O–H groups in total. The van der Waals surface area contributed by atoms with Crippen LogP contribution in [0.5, 0.6) is 0 Å². The molecule has 1 atom stereocenters. The second kappa shape index (κ2) is 4.43. The van der Waals surface area contributed by atoms with Crippen LogP contribution in [0.15, 0.2) is 0 Å². The summed E-state index contributed by atoms with van der Waals surface area (Å²) in [5.74, 6) is 0.665. The molecule has 0 aromatic carbocycles. The first-order valence-electron chi connectivity index (χ1n) is 5.49. The van der Waals surface area contributed by atoms with E-state index in [9.17, 15) is 0 Å². The molecule has 1 rings (SSSR count). The Labute approximate surface area is 82.0 Å². The quantitative estimate of drug-likeness (QED) is 0.727. The minimum Gasteiger partial charge on any atom is -0.378 e. The van der Waals surface area contributed by atoms with Gasteiger partial charge in [0, 0.05) is 11.6 Å². The van der Waals surface area contributed by atoms with Crippen LogP contribution in [0.25, 0.3) is 0 Å². The first kappa shape index (κ1) is 11.0. The SMILES string of the molecule is CCC1(CC)COC[C@H](C(C)C)N1. The zero-order chi connectivity index (χ0) is 9.90. The van der Waals surface area contributed by atoms with Gasteiger partial charge in [0.1, 0.15) is 0 Å². The van der Waals surface area contributed by atoms with Crippen LogP contribution in [-0.2, 0) is 4.74 Å². The summed E-state index contributed by atoms with van der Waals surface area (Å²) in [6.07, 6.45) is 2.32. The third-order valence-corrected chi connectivity index (χ3v) is 3.33. The lowest BCUT2D eigenvalue weighted by atomic mass is 9.89. The maximum atomic E-state index is 5.68. The molecule has 0 unspecified atom stereocenters. The number of hydrogen-bond donors (Lipinski definition) is 1. The Morgan fingerprint density at radius 3 is 2.46 bits per heavy atom. The monoisotopic (exact) mass is 185 g/mol. The van der Waals surface area contributed by atoms with Crippen molar-refractivity contribution in [1.82, 2.24) is 5.32 Å². The third-order valence-electron chi connectivity index (χ3n) is 3.33. The van der Waals surface area contributed by atoms with Crippen molar-refractivity contribution in [3.05, 3.63) is 0 Å². The molecule has 2 heteroatoms. The molecule has 0 bridgehead atoms. The zero-order valence-corrected chi connectivity index (χ0v) is 9.39. The van der Waals surface area contributed by atoms with Crippen LogP contribution in [0.4, 0.5) is 0 Å². The van der Waals surface area contributed by atoms with Gasteiger partial charge in [0.25, 0.3) is 0 Å². The zero-order valence-electron chi connectivity index (χ0n) is 9.39. The van der Waals surface area contributed by atoms with Crippen LogP contribution in [0.3, 0.4) is 0 Å². The molecule has 1 fully saturated rings. The Hall–Kier alpha value is -0.0800. The van der Waals surface area contributed by atoms with Crippen molar-refractivity contribution in [2.24, 2.45) is 5.92 Å². The number of ether oxygens (including phenoxy) is 1. The van der Waals surface area contributed by atoms with Gasteiger partial charge in [0.15, 0.2) is 0 Å². The molecule has 0 aromatic rings. The lowest BCUT2D eigenvalue weighted by Gasteiger charge is -2.42. The summed E-state index contributed by atoms with van der Waals surface area (Å²) in [4.78, 5) is 0. The van der Waals surface area contributed by atoms with E-state index in [0.717, 1.165) is 26.1 Å². The average molecular weight is 185 g/mol. The molecular weight excluding hydrogens is 162 g/mol. The molecular formula is C11H23NO. The first-order valence-corrected chi connectivity index (χ1v) is 5.49. The van der Waals surface area contributed by atoms with E-state index in [0.29, 0.717) is 12.0 Å². The highest BCUT2D eigenvalue weighted by atomic mass is 16.5. The van der Waals surface area contributed by atoms with Crippen LogP contribution < -0.4 is 5.32 Å². The number of morpholine rings is 1. The van der Waals surface area contributed by atoms with Crippen molar-refractivity contribution in [3.8, 4) is 0 Å². The summed E-state index contributed by atoms with van der Waals surface area (Å²) in [6.45, 7) is 10.7. The summed E-state index contributed by atoms with van der Waals surface area (Å²) in [7, 11) is 0. The fourth-order valence-corrected chi connectivity index (χ4v) is 1.88. The Morgan fingerprint density at radius 2 is 2.00 bits per heavy atom. The van der Waals surface area contributed by atoms with Gasteiger partial charge in [-0.1, -0.05) is 27.7 Å². The summed E-state index contributed by atoms with van der Waals surface area (Å²) < 4.78 is 5.68. The number of hydrogen-bond acceptors (Lipinski definition) is 2. The molecule has 1 heterocycles. The van der Waals surface area contributed by atoms with E-state index in [1.54, 1.807) is 0 Å². The minimum atomic E-state index is 0.243. The highest BCUT2D eigenvalue weighted by Crippen LogP contribution is 2.22. The molecule has 0 saturated carbocycles. The van der Waals surface area contributed by atoms with Crippen molar-refractivity contribution in [2.75, 3.05) is 13.2 Å². The predicted octanol–water partition coefficient (Wildman–Crippen LogP) is 2.19. The third kappa shape index (κ3) is 2.44. The lowest BCUT2D eigenvalue weighted by Crippen LogP contribution is -2.60. The van der Waals surface area contributed by atoms with Crippen LogP contribution in [0.2, 0.25) is 0 Å². The van der Waals surface area contributed by atoms with Crippen LogP contribution in [0.1, 0.15) is 40.5 Å². The van der Waals surface area contributed by atoms with Crippen molar-refractivity contribution in [3.63, 3.8) is 0 Å². The van der Waals surface area contributed by atoms with Crippen LogP contribution in [-0.4, -0.2) is 24.8 Å². The maximum absolute atomic E-state index is 5.68. The smallest absolute Gasteiger partial charge is 0.0648 e. The summed E-state index contributed by atoms with van der Waals surface area (Å²) >= 11 is 0. The fraction of sp³-hybridized carbons (Fsp3) is 1.00. The lowest BCUT2D eigenvalue weighted by molar-refractivity contribution is -0.0165. The van der Waals surface area contributed by atoms with E-state index in [1.165, 1.54) is 0 Å². The van der Waals surface area contributed by atoms with Gasteiger partial charge < -0.3 is 10.1 Å². The second-order valence-corrected chi connectivity index (χ2v) is 4.50. The fourth-order valence-electron chi connectivity index (χ4n) is 1.88. The number of rotatable bonds is 3. The highest BCUT2D eigenvalue weighted by Gasteiger charge is 2.34. The molecule has 2 nitrogen and oxygen atoms in total. The first-order chi connectivity index (χ1) is 6.13. The van der Waals surface area contributed by atoms with Crippen LogP contribution in [0, 0.1) is 5.92 Å². The van der Waals surface area contributed by atoms with Gasteiger partial charge in [-0.3, -0.25) is 0 Å². The van der Waals surface area contributed by atoms with E-state index in [4.69, 9.17) is 4.74 Å². The Kier molecular flexibility index (Phi) is 3.74. The molecule has 0 aliphatic carbocycles. The highest BCUT2D eigenvalue weighted by molar-refractivity contribution is 4.92. The molecule has 1 saturated heterocycles. The molecule has 0 spiro atoms. The van der Waals surface area contributed by atoms with Gasteiger partial charge in [0.2, 0.25) is 0 Å². The van der Waals surface area contributed by atoms with Gasteiger partial charge in [-0.25, -0.2) is 0 Å². The Balaban J connectivity index is 2.58. The minimum absolute atomic E-state index is 0.243. The van der Waals surface area contributed by atoms with E-state index in [1.807, 2.05) is 0 Å². The second-order valence-electron chi connectivity index (χ2n) is 4.50. The van der Waals surface area contributed by atoms with E-state index in [2.05, 4.69) is 33.0 Å². The van der Waals surface area contributed by atoms with E-state index >= 15 is 0 Å². The van der Waals surface area contributed by atoms with Crippen molar-refractivity contribution < 1.29 is 4.74 Å². The van der Waals surface area contributed by atoms with Crippen LogP contribution >= 0.6 is 0 Å². The van der Waals surface area contributed by atoms with Gasteiger partial charge in [-0.2, -0.15) is 0 Å². The summed E-state index contributed by atoms with van der Waals surface area (Å²) in [6, 6.07) is 0.536. The molecule has 13 heavy (non-hydrogen) atoms. The summed E-state index contributed by atoms with van der Waals surface area (Å²) in [5, 5.41) is 3.74. The van der Waals surface area contributed by atoms with E-state index in [-0.39, 0.29) is 5.54 Å². The van der Waals surface area contributed by atoms with Crippen molar-refractivity contribution >= 4 is 0 Å². The standard InChI is InChI=1S/C11H23NO/c1-5-11(6-2)8-13-7-10(12-11)9(3)4/h9-10,12H,5-8H2,1-4H3/t10-/m1/s1. The average Bonchev–Trinajstić information content (AvgIpc) is 2.18. The molecule has 1 aliphatic heterocycles. The number of nitrogens with one attached hydrogen (secondary N) is 1. The van der Waals surface area contributed by atoms with E-state index < -0.39 is 0 Å². The van der Waals surface area contributed by atoms with Gasteiger partial charge in [0.05, 0.1) is 13.2 Å². The maximum Gasteiger partial charge on any atom is 0.0648 e. The molecule has 0 radical (unpaired) electrons. The Morgan fingerprint density at radius 1 is 1.38 bits per heavy atom. The molecule has 78 valence electrons. The predicted molar refractivity (Wildman–Crippen MR) is 55.9 cm³/mol. The molecule has 1 aliphatic rings. The van der Waals surface area contributed by atoms with Crippen molar-refractivity contribution in [1.29, 1.82) is 0 Å². The topological polar surface area (TPSA) is 21.3 Å². The largest absolute Gasteiger partial charge is 0.378 e. The normalized spacial score (nSPS) is 27.9. The summed E-state index contributed by atoms with van der Waals surface area (Å²) in [5.41, 5.74) is 0.243. The molecule has 0 aromatic heterocycles. The van der Waals surface area contributed by atoms with Gasteiger partial charge >= 0.3 is 0 Å². The molecule has 0 amide bonds. The van der Waals surface area contributed by atoms with Gasteiger partial charge in [-0.05, 0) is 18.8 Å². The Bertz CT molecular complexity index is 152. The van der Waals surface area contributed by atoms with Gasteiger partial charge in [-0.15, -0.1) is 0 Å².